The molecule has 0 saturated carbocycles. The van der Waals surface area contributed by atoms with E-state index in [1.807, 2.05) is 23.9 Å². The van der Waals surface area contributed by atoms with Gasteiger partial charge >= 0.3 is 0 Å². The number of nitrogens with two attached hydrogens (primary N) is 1. The van der Waals surface area contributed by atoms with Gasteiger partial charge in [-0.05, 0) is 28.1 Å². The van der Waals surface area contributed by atoms with Gasteiger partial charge in [0.15, 0.2) is 4.67 Å². The Morgan fingerprint density at radius 1 is 1.47 bits per heavy atom. The summed E-state index contributed by atoms with van der Waals surface area (Å²) in [6.45, 7) is 2.82. The van der Waals surface area contributed by atoms with Crippen LogP contribution in [0.3, 0.4) is 0 Å². The van der Waals surface area contributed by atoms with E-state index in [1.165, 1.54) is 11.5 Å². The molecule has 1 fully saturated rings. The molecule has 0 radical (unpaired) electrons. The molecule has 1 atom stereocenters. The average molecular weight is 291 g/mol. The van der Waals surface area contributed by atoms with Gasteiger partial charge in [0.2, 0.25) is 0 Å². The predicted octanol–water partition coefficient (Wildman–Crippen LogP) is 2.09. The first-order valence-electron chi connectivity index (χ1n) is 5.08. The van der Waals surface area contributed by atoms with Crippen molar-refractivity contribution in [1.29, 1.82) is 0 Å². The zero-order valence-corrected chi connectivity index (χ0v) is 10.9. The lowest BCUT2D eigenvalue weighted by Crippen LogP contribution is -2.39. The van der Waals surface area contributed by atoms with Gasteiger partial charge in [0.05, 0.1) is 6.04 Å². The van der Waals surface area contributed by atoms with Crippen LogP contribution in [0.5, 0.6) is 0 Å². The number of hydrogen-bond donors (Lipinski definition) is 1. The summed E-state index contributed by atoms with van der Waals surface area (Å²) in [5, 5.41) is 0. The molecule has 1 unspecified atom stereocenters. The Labute approximate surface area is 102 Å². The third-order valence-electron chi connectivity index (χ3n) is 2.63. The van der Waals surface area contributed by atoms with Crippen molar-refractivity contribution in [3.63, 3.8) is 0 Å². The Hall–Kier alpha value is 0.0300. The van der Waals surface area contributed by atoms with Crippen LogP contribution >= 0.6 is 27.7 Å². The molecule has 84 valence electrons. The fourth-order valence-corrected chi connectivity index (χ4v) is 3.09. The fraction of sp³-hybridized carbons (Fsp3) is 0.600. The van der Waals surface area contributed by atoms with E-state index in [0.29, 0.717) is 6.54 Å². The molecule has 3 nitrogen and oxygen atoms in total. The van der Waals surface area contributed by atoms with Gasteiger partial charge in [-0.1, -0.05) is 0 Å². The summed E-state index contributed by atoms with van der Waals surface area (Å²) in [6, 6.07) is 4.16. The lowest BCUT2D eigenvalue weighted by molar-refractivity contribution is 0.196. The van der Waals surface area contributed by atoms with Crippen LogP contribution in [0.1, 0.15) is 11.8 Å². The maximum atomic E-state index is 5.82. The zero-order chi connectivity index (χ0) is 10.7. The van der Waals surface area contributed by atoms with Crippen LogP contribution in [0.2, 0.25) is 0 Å². The number of nitrogens with zero attached hydrogens (tertiary/aromatic N) is 1. The largest absolute Gasteiger partial charge is 0.453 e. The standard InChI is InChI=1S/C10H15BrN2OS/c11-10-2-1-9(14-10)8(7-12)13-3-5-15-6-4-13/h1-2,8H,3-7,12H2. The molecule has 2 rings (SSSR count). The normalized spacial score (nSPS) is 20.4. The smallest absolute Gasteiger partial charge is 0.169 e. The highest BCUT2D eigenvalue weighted by Gasteiger charge is 2.23. The minimum atomic E-state index is 0.234. The summed E-state index contributed by atoms with van der Waals surface area (Å²) in [7, 11) is 0. The molecule has 0 amide bonds. The first kappa shape index (κ1) is 11.5. The van der Waals surface area contributed by atoms with Gasteiger partial charge in [-0.3, -0.25) is 4.90 Å². The SMILES string of the molecule is NCC(c1ccc(Br)o1)N1CCSCC1. The minimum Gasteiger partial charge on any atom is -0.453 e. The molecule has 2 N–H and O–H groups in total. The monoisotopic (exact) mass is 290 g/mol. The molecule has 15 heavy (non-hydrogen) atoms. The van der Waals surface area contributed by atoms with E-state index in [2.05, 4.69) is 20.8 Å². The molecule has 0 bridgehead atoms. The van der Waals surface area contributed by atoms with Crippen LogP contribution in [0.25, 0.3) is 0 Å². The van der Waals surface area contributed by atoms with Gasteiger partial charge in [-0.25, -0.2) is 0 Å². The molecule has 1 aliphatic heterocycles. The Bertz CT molecular complexity index is 312. The molecule has 1 saturated heterocycles. The van der Waals surface area contributed by atoms with Gasteiger partial charge < -0.3 is 10.2 Å². The second-order valence-corrected chi connectivity index (χ2v) is 5.55. The highest BCUT2D eigenvalue weighted by atomic mass is 79.9. The van der Waals surface area contributed by atoms with E-state index in [9.17, 15) is 0 Å². The van der Waals surface area contributed by atoms with Crippen LogP contribution in [-0.4, -0.2) is 36.0 Å². The molecule has 1 aromatic rings. The second-order valence-electron chi connectivity index (χ2n) is 3.54. The molecular weight excluding hydrogens is 276 g/mol. The maximum Gasteiger partial charge on any atom is 0.169 e. The summed E-state index contributed by atoms with van der Waals surface area (Å²) < 4.78 is 6.36. The average Bonchev–Trinajstić information content (AvgIpc) is 2.68. The highest BCUT2D eigenvalue weighted by Crippen LogP contribution is 2.26. The quantitative estimate of drug-likeness (QED) is 0.926. The molecule has 0 aromatic carbocycles. The topological polar surface area (TPSA) is 42.4 Å². The number of hydrogen-bond acceptors (Lipinski definition) is 4. The van der Waals surface area contributed by atoms with Gasteiger partial charge in [-0.15, -0.1) is 0 Å². The summed E-state index contributed by atoms with van der Waals surface area (Å²) in [5.74, 6) is 3.35. The van der Waals surface area contributed by atoms with Crippen molar-refractivity contribution in [3.8, 4) is 0 Å². The van der Waals surface area contributed by atoms with Crippen LogP contribution in [0, 0.1) is 0 Å². The highest BCUT2D eigenvalue weighted by molar-refractivity contribution is 9.10. The zero-order valence-electron chi connectivity index (χ0n) is 8.49. The first-order chi connectivity index (χ1) is 7.31. The third kappa shape index (κ3) is 2.78. The Morgan fingerprint density at radius 3 is 2.73 bits per heavy atom. The molecule has 0 aliphatic carbocycles. The molecule has 0 spiro atoms. The van der Waals surface area contributed by atoms with Crippen molar-refractivity contribution in [3.05, 3.63) is 22.6 Å². The van der Waals surface area contributed by atoms with E-state index < -0.39 is 0 Å². The lowest BCUT2D eigenvalue weighted by atomic mass is 10.2. The second kappa shape index (κ2) is 5.39. The fourth-order valence-electron chi connectivity index (χ4n) is 1.84. The third-order valence-corrected chi connectivity index (χ3v) is 4.00. The van der Waals surface area contributed by atoms with Crippen LogP contribution in [0.4, 0.5) is 0 Å². The van der Waals surface area contributed by atoms with E-state index in [-0.39, 0.29) is 6.04 Å². The van der Waals surface area contributed by atoms with Gasteiger partial charge in [0.25, 0.3) is 0 Å². The predicted molar refractivity (Wildman–Crippen MR) is 67.1 cm³/mol. The van der Waals surface area contributed by atoms with Crippen molar-refractivity contribution in [2.75, 3.05) is 31.1 Å². The number of rotatable bonds is 3. The van der Waals surface area contributed by atoms with Crippen LogP contribution in [-0.2, 0) is 0 Å². The van der Waals surface area contributed by atoms with E-state index in [4.69, 9.17) is 10.2 Å². The molecule has 2 heterocycles. The minimum absolute atomic E-state index is 0.234. The first-order valence-corrected chi connectivity index (χ1v) is 7.03. The Balaban J connectivity index is 2.08. The van der Waals surface area contributed by atoms with Crippen molar-refractivity contribution in [1.82, 2.24) is 4.90 Å². The van der Waals surface area contributed by atoms with E-state index >= 15 is 0 Å². The van der Waals surface area contributed by atoms with Crippen molar-refractivity contribution in [2.24, 2.45) is 5.73 Å². The van der Waals surface area contributed by atoms with Crippen molar-refractivity contribution < 1.29 is 4.42 Å². The number of halogens is 1. The lowest BCUT2D eigenvalue weighted by Gasteiger charge is -2.32. The molecule has 1 aromatic heterocycles. The molecular formula is C10H15BrN2OS. The van der Waals surface area contributed by atoms with Crippen molar-refractivity contribution >= 4 is 27.7 Å². The van der Waals surface area contributed by atoms with Crippen LogP contribution < -0.4 is 5.73 Å². The number of thioether (sulfide) groups is 1. The summed E-state index contributed by atoms with van der Waals surface area (Å²) in [4.78, 5) is 2.40. The Morgan fingerprint density at radius 2 is 2.20 bits per heavy atom. The maximum absolute atomic E-state index is 5.82. The van der Waals surface area contributed by atoms with E-state index in [1.54, 1.807) is 0 Å². The summed E-state index contributed by atoms with van der Waals surface area (Å²) in [5.41, 5.74) is 5.82. The number of furan rings is 1. The van der Waals surface area contributed by atoms with Gasteiger partial charge in [0.1, 0.15) is 5.76 Å². The van der Waals surface area contributed by atoms with Gasteiger partial charge in [-0.2, -0.15) is 11.8 Å². The van der Waals surface area contributed by atoms with Gasteiger partial charge in [0, 0.05) is 31.1 Å². The van der Waals surface area contributed by atoms with E-state index in [0.717, 1.165) is 23.5 Å². The van der Waals surface area contributed by atoms with Crippen molar-refractivity contribution in [2.45, 2.75) is 6.04 Å². The summed E-state index contributed by atoms with van der Waals surface area (Å²) >= 11 is 5.33. The molecule has 1 aliphatic rings. The molecule has 5 heteroatoms. The Kier molecular flexibility index (Phi) is 4.13. The van der Waals surface area contributed by atoms with Crippen LogP contribution in [0.15, 0.2) is 21.2 Å². The summed E-state index contributed by atoms with van der Waals surface area (Å²) in [6.07, 6.45) is 0.